The molecule has 0 heterocycles. The number of carbonyl (C=O) groups excluding carboxylic acids is 6. The molecule has 0 aliphatic rings. The number of rotatable bonds is 11. The average molecular weight is 597 g/mol. The van der Waals surface area contributed by atoms with Gasteiger partial charge in [-0.25, -0.2) is 0 Å². The summed E-state index contributed by atoms with van der Waals surface area (Å²) in [6, 6.07) is 11.7. The second-order valence-corrected chi connectivity index (χ2v) is 9.07. The van der Waals surface area contributed by atoms with E-state index in [1.165, 1.54) is 48.5 Å². The molecule has 0 fully saturated rings. The number of benzene rings is 2. The molecule has 4 atom stereocenters. The van der Waals surface area contributed by atoms with Crippen LogP contribution in [0.3, 0.4) is 0 Å². The molecule has 0 saturated carbocycles. The zero-order valence-electron chi connectivity index (χ0n) is 21.8. The summed E-state index contributed by atoms with van der Waals surface area (Å²) in [5.41, 5.74) is 0.434. The number of ether oxygens (including phenoxy) is 4. The lowest BCUT2D eigenvalue weighted by Gasteiger charge is -2.34. The van der Waals surface area contributed by atoms with Gasteiger partial charge >= 0.3 is 23.9 Å². The summed E-state index contributed by atoms with van der Waals surface area (Å²) in [7, 11) is 0. The van der Waals surface area contributed by atoms with Crippen molar-refractivity contribution in [3.8, 4) is 0 Å². The van der Waals surface area contributed by atoms with Gasteiger partial charge in [0.05, 0.1) is 0 Å². The predicted octanol–water partition coefficient (Wildman–Crippen LogP) is 3.30. The molecule has 214 valence electrons. The first-order valence-electron chi connectivity index (χ1n) is 11.6. The molecule has 0 spiro atoms. The average Bonchev–Trinajstić information content (AvgIpc) is 2.85. The Hall–Kier alpha value is -4.16. The van der Waals surface area contributed by atoms with Gasteiger partial charge in [-0.15, -0.1) is 0 Å². The monoisotopic (exact) mass is 596 g/mol. The Kier molecular flexibility index (Phi) is 11.9. The normalized spacial score (nSPS) is 13.4. The van der Waals surface area contributed by atoms with E-state index in [0.717, 1.165) is 27.7 Å². The number of esters is 4. The van der Waals surface area contributed by atoms with Crippen molar-refractivity contribution in [1.29, 1.82) is 0 Å². The van der Waals surface area contributed by atoms with E-state index in [0.29, 0.717) is 10.0 Å². The maximum atomic E-state index is 13.3. The first-order valence-corrected chi connectivity index (χ1v) is 12.3. The lowest BCUT2D eigenvalue weighted by Crippen LogP contribution is -2.57. The highest BCUT2D eigenvalue weighted by atomic mass is 35.5. The first kappa shape index (κ1) is 32.1. The highest BCUT2D eigenvalue weighted by Crippen LogP contribution is 2.23. The van der Waals surface area contributed by atoms with E-state index in [2.05, 4.69) is 10.6 Å². The zero-order chi connectivity index (χ0) is 30.0. The summed E-state index contributed by atoms with van der Waals surface area (Å²) < 4.78 is 20.9. The third-order valence-corrected chi connectivity index (χ3v) is 5.35. The SMILES string of the molecule is CC(=O)OC(C(=O)Nc1ccc(Cl)cc1)C(OC(C)=O)C(OC(C)=O)C(OC(C)=O)C(=O)Nc1ccc(Cl)cc1. The Morgan fingerprint density at radius 2 is 0.800 bits per heavy atom. The van der Waals surface area contributed by atoms with Crippen molar-refractivity contribution >= 4 is 70.3 Å². The summed E-state index contributed by atoms with van der Waals surface area (Å²) in [5, 5.41) is 5.67. The second-order valence-electron chi connectivity index (χ2n) is 8.20. The van der Waals surface area contributed by atoms with E-state index in [-0.39, 0.29) is 11.4 Å². The highest BCUT2D eigenvalue weighted by Gasteiger charge is 2.49. The van der Waals surface area contributed by atoms with Crippen molar-refractivity contribution < 1.29 is 47.7 Å². The Bertz CT molecular complexity index is 1150. The van der Waals surface area contributed by atoms with Gasteiger partial charge in [0, 0.05) is 49.1 Å². The van der Waals surface area contributed by atoms with Gasteiger partial charge in [0.1, 0.15) is 0 Å². The number of anilines is 2. The number of halogens is 2. The minimum absolute atomic E-state index is 0.217. The molecule has 2 rings (SSSR count). The van der Waals surface area contributed by atoms with Gasteiger partial charge in [0.25, 0.3) is 11.8 Å². The molecule has 2 amide bonds. The fraction of sp³-hybridized carbons (Fsp3) is 0.308. The molecule has 0 radical (unpaired) electrons. The minimum atomic E-state index is -1.98. The number of amides is 2. The van der Waals surface area contributed by atoms with Crippen LogP contribution in [0.2, 0.25) is 10.0 Å². The molecule has 2 aromatic carbocycles. The Labute approximate surface area is 239 Å². The molecule has 0 bridgehead atoms. The number of hydrogen-bond acceptors (Lipinski definition) is 10. The summed E-state index contributed by atoms with van der Waals surface area (Å²) >= 11 is 11.8. The van der Waals surface area contributed by atoms with E-state index >= 15 is 0 Å². The first-order chi connectivity index (χ1) is 18.8. The Morgan fingerprint density at radius 1 is 0.525 bits per heavy atom. The largest absolute Gasteiger partial charge is 0.454 e. The molecule has 40 heavy (non-hydrogen) atoms. The van der Waals surface area contributed by atoms with Gasteiger partial charge in [0.15, 0.2) is 12.2 Å². The lowest BCUT2D eigenvalue weighted by atomic mass is 10.00. The topological polar surface area (TPSA) is 163 Å². The maximum Gasteiger partial charge on any atom is 0.303 e. The van der Waals surface area contributed by atoms with Gasteiger partial charge in [0.2, 0.25) is 12.2 Å². The van der Waals surface area contributed by atoms with Crippen LogP contribution in [0.15, 0.2) is 48.5 Å². The van der Waals surface area contributed by atoms with Gasteiger partial charge < -0.3 is 29.6 Å². The molecule has 0 saturated heterocycles. The smallest absolute Gasteiger partial charge is 0.303 e. The van der Waals surface area contributed by atoms with Crippen LogP contribution in [0.25, 0.3) is 0 Å². The maximum absolute atomic E-state index is 13.3. The highest BCUT2D eigenvalue weighted by molar-refractivity contribution is 6.31. The minimum Gasteiger partial charge on any atom is -0.454 e. The molecule has 0 aliphatic carbocycles. The van der Waals surface area contributed by atoms with Crippen molar-refractivity contribution in [3.63, 3.8) is 0 Å². The second kappa shape index (κ2) is 14.8. The van der Waals surface area contributed by atoms with E-state index in [1.54, 1.807) is 0 Å². The Morgan fingerprint density at radius 3 is 1.05 bits per heavy atom. The summed E-state index contributed by atoms with van der Waals surface area (Å²) in [4.78, 5) is 74.9. The Balaban J connectivity index is 2.58. The van der Waals surface area contributed by atoms with Crippen LogP contribution in [0, 0.1) is 0 Å². The van der Waals surface area contributed by atoms with Crippen LogP contribution in [0.5, 0.6) is 0 Å². The van der Waals surface area contributed by atoms with Crippen molar-refractivity contribution in [2.24, 2.45) is 0 Å². The summed E-state index contributed by atoms with van der Waals surface area (Å²) in [6.45, 7) is 3.89. The zero-order valence-corrected chi connectivity index (χ0v) is 23.3. The van der Waals surface area contributed by atoms with Gasteiger partial charge in [-0.3, -0.25) is 28.8 Å². The third kappa shape index (κ3) is 10.2. The summed E-state index contributed by atoms with van der Waals surface area (Å²) in [6.07, 6.45) is -7.89. The van der Waals surface area contributed by atoms with Gasteiger partial charge in [-0.2, -0.15) is 0 Å². The van der Waals surface area contributed by atoms with E-state index < -0.39 is 60.1 Å². The number of nitrogens with one attached hydrogen (secondary N) is 2. The van der Waals surface area contributed by atoms with Crippen molar-refractivity contribution in [1.82, 2.24) is 0 Å². The van der Waals surface area contributed by atoms with E-state index in [1.807, 2.05) is 0 Å². The van der Waals surface area contributed by atoms with Crippen molar-refractivity contribution in [3.05, 3.63) is 58.6 Å². The van der Waals surface area contributed by atoms with Crippen molar-refractivity contribution in [2.45, 2.75) is 52.1 Å². The molecular formula is C26H26Cl2N2O10. The van der Waals surface area contributed by atoms with Crippen LogP contribution in [0.1, 0.15) is 27.7 Å². The molecule has 0 aliphatic heterocycles. The number of hydrogen-bond donors (Lipinski definition) is 2. The van der Waals surface area contributed by atoms with Crippen LogP contribution in [-0.4, -0.2) is 60.1 Å². The fourth-order valence-corrected chi connectivity index (χ4v) is 3.63. The van der Waals surface area contributed by atoms with Gasteiger partial charge in [-0.1, -0.05) is 23.2 Å². The quantitative estimate of drug-likeness (QED) is 0.290. The molecular weight excluding hydrogens is 571 g/mol. The van der Waals surface area contributed by atoms with Gasteiger partial charge in [-0.05, 0) is 48.5 Å². The number of carbonyl (C=O) groups is 6. The van der Waals surface area contributed by atoms with Crippen LogP contribution < -0.4 is 10.6 Å². The van der Waals surface area contributed by atoms with E-state index in [9.17, 15) is 28.8 Å². The standard InChI is InChI=1S/C26H26Cl2N2O10/c1-13(31)37-21(23(39-15(3)33)25(35)29-19-9-5-17(27)6-10-19)22(38-14(2)32)24(40-16(4)34)26(36)30-20-11-7-18(28)8-12-20/h5-12,21-24H,1-4H3,(H,29,35)(H,30,36). The van der Waals surface area contributed by atoms with Crippen LogP contribution in [0.4, 0.5) is 11.4 Å². The molecule has 2 aromatic rings. The van der Waals surface area contributed by atoms with Crippen LogP contribution in [-0.2, 0) is 47.7 Å². The van der Waals surface area contributed by atoms with Crippen molar-refractivity contribution in [2.75, 3.05) is 10.6 Å². The third-order valence-electron chi connectivity index (χ3n) is 4.85. The molecule has 0 aromatic heterocycles. The molecule has 12 nitrogen and oxygen atoms in total. The molecule has 2 N–H and O–H groups in total. The van der Waals surface area contributed by atoms with E-state index in [4.69, 9.17) is 42.1 Å². The predicted molar refractivity (Wildman–Crippen MR) is 142 cm³/mol. The summed E-state index contributed by atoms with van der Waals surface area (Å²) in [5.74, 6) is -6.02. The molecule has 14 heteroatoms. The molecule has 4 unspecified atom stereocenters. The fourth-order valence-electron chi connectivity index (χ4n) is 3.38. The van der Waals surface area contributed by atoms with Crippen LogP contribution >= 0.6 is 23.2 Å². The lowest BCUT2D eigenvalue weighted by molar-refractivity contribution is -0.198.